The second-order valence-corrected chi connectivity index (χ2v) is 37.6. The second kappa shape index (κ2) is 37.8. The molecule has 0 aliphatic carbocycles. The number of hydrogen-bond donors (Lipinski definition) is 15. The predicted octanol–water partition coefficient (Wildman–Crippen LogP) is 12.8. The lowest BCUT2D eigenvalue weighted by Gasteiger charge is -2.11. The van der Waals surface area contributed by atoms with Crippen molar-refractivity contribution in [3.63, 3.8) is 0 Å². The number of anilines is 6. The summed E-state index contributed by atoms with van der Waals surface area (Å²) < 4.78 is 234. The zero-order valence-corrected chi connectivity index (χ0v) is 70.0. The number of fused-ring (bicyclic) bond motifs is 3. The number of aromatic amines is 3. The first kappa shape index (κ1) is 90.8. The molecule has 9 aromatic carbocycles. The molecule has 0 amide bonds. The molecule has 630 valence electrons. The van der Waals surface area contributed by atoms with Crippen LogP contribution in [0.15, 0.2) is 246 Å². The number of H-pyrrole nitrogens is 3. The highest BCUT2D eigenvalue weighted by Crippen LogP contribution is 2.39. The first-order valence-corrected chi connectivity index (χ1v) is 47.1. The number of nitrogens with zero attached hydrogens (tertiary/aromatic N) is 12. The van der Waals surface area contributed by atoms with Crippen LogP contribution in [0.2, 0.25) is 0 Å². The van der Waals surface area contributed by atoms with Crippen LogP contribution in [0.4, 0.5) is 69.0 Å². The molecule has 0 spiro atoms. The van der Waals surface area contributed by atoms with Crippen LogP contribution in [-0.2, 0) is 70.8 Å². The van der Waals surface area contributed by atoms with E-state index in [1.807, 2.05) is 6.92 Å². The van der Waals surface area contributed by atoms with Gasteiger partial charge in [0.15, 0.2) is 15.5 Å². The number of aromatic nitrogens is 9. The molecule has 0 atom stereocenters. The van der Waals surface area contributed by atoms with Crippen molar-refractivity contribution < 1.29 is 95.1 Å². The fourth-order valence-electron chi connectivity index (χ4n) is 10.4. The number of hydrogen-bond acceptors (Lipinski definition) is 37. The SMILES string of the molecule is CCCSc1nc(Nc2ccc(N=Nc3cc(S(=O)(=O)O)c4cccc(S(=O)(=O)O)c4c3)c(C)c2)[nH]c(=O)n1.O=c1nc(SCCS)nc(Nc2ccc(N=Nc3cc(S(=O)(=O)O)c4cc(S(=O)(=O)O)cc(S(=O)(=O)O)c4c3)cc2)[nH]1.O=c1nc(SCCS)nc(Nc2ccc(N=Nc3cc(S(=O)(=O)O)c4cccc(S(=O)(=O)O)c4c3)cc2)[nH]1.[HH].[HH].[HH]. The summed E-state index contributed by atoms with van der Waals surface area (Å²) >= 11 is 12.1. The summed E-state index contributed by atoms with van der Waals surface area (Å²) in [7, 11) is -34.3. The fraction of sp³-hybridized carbons (Fsp3) is 0.123. The molecule has 54 heteroatoms. The molecular formula is C65H64N18O24S12. The summed E-state index contributed by atoms with van der Waals surface area (Å²) in [6.07, 6.45) is 0.900. The number of aryl methyl sites for hydroxylation is 1. The van der Waals surface area contributed by atoms with Crippen molar-refractivity contribution in [3.05, 3.63) is 189 Å². The molecule has 0 saturated heterocycles. The van der Waals surface area contributed by atoms with E-state index in [1.165, 1.54) is 83.8 Å². The number of benzene rings is 9. The summed E-state index contributed by atoms with van der Waals surface area (Å²) in [5, 5.41) is 32.0. The van der Waals surface area contributed by atoms with Crippen molar-refractivity contribution in [3.8, 4) is 0 Å². The van der Waals surface area contributed by atoms with Crippen molar-refractivity contribution in [2.75, 3.05) is 44.7 Å². The normalized spacial score (nSPS) is 12.4. The van der Waals surface area contributed by atoms with Gasteiger partial charge in [-0.15, -0.1) is 0 Å². The van der Waals surface area contributed by atoms with Crippen LogP contribution in [-0.4, -0.2) is 164 Å². The van der Waals surface area contributed by atoms with E-state index in [0.717, 1.165) is 48.6 Å². The third-order valence-electron chi connectivity index (χ3n) is 15.2. The van der Waals surface area contributed by atoms with E-state index in [0.29, 0.717) is 79.5 Å². The summed E-state index contributed by atoms with van der Waals surface area (Å²) in [6, 6.07) is 32.0. The third-order valence-corrected chi connectivity index (χ3v) is 25.3. The molecule has 0 aliphatic heterocycles. The molecule has 3 heterocycles. The number of azo groups is 3. The maximum absolute atomic E-state index is 12.1. The molecule has 13 N–H and O–H groups in total. The molecule has 0 bridgehead atoms. The number of rotatable bonds is 28. The minimum Gasteiger partial charge on any atom is -0.326 e. The maximum Gasteiger partial charge on any atom is 0.350 e. The Kier molecular flexibility index (Phi) is 28.9. The van der Waals surface area contributed by atoms with E-state index in [-0.39, 0.29) is 71.6 Å². The molecule has 0 saturated carbocycles. The zero-order chi connectivity index (χ0) is 86.7. The van der Waals surface area contributed by atoms with Gasteiger partial charge in [-0.2, -0.15) is 145 Å². The van der Waals surface area contributed by atoms with Crippen LogP contribution in [0.1, 0.15) is 23.2 Å². The second-order valence-electron chi connectivity index (χ2n) is 23.8. The van der Waals surface area contributed by atoms with Gasteiger partial charge in [0.1, 0.15) is 29.4 Å². The zero-order valence-electron chi connectivity index (χ0n) is 60.1. The van der Waals surface area contributed by atoms with Gasteiger partial charge < -0.3 is 16.0 Å². The van der Waals surface area contributed by atoms with E-state index >= 15 is 0 Å². The molecule has 119 heavy (non-hydrogen) atoms. The lowest BCUT2D eigenvalue weighted by atomic mass is 10.1. The largest absolute Gasteiger partial charge is 0.350 e. The van der Waals surface area contributed by atoms with Crippen LogP contribution in [0.3, 0.4) is 0 Å². The first-order valence-electron chi connectivity index (χ1n) is 32.8. The van der Waals surface area contributed by atoms with Gasteiger partial charge >= 0.3 is 17.1 Å². The molecule has 0 aliphatic rings. The van der Waals surface area contributed by atoms with E-state index < -0.39 is 133 Å². The van der Waals surface area contributed by atoms with Gasteiger partial charge in [-0.3, -0.25) is 46.8 Å². The van der Waals surface area contributed by atoms with Gasteiger partial charge in [-0.1, -0.05) is 66.5 Å². The van der Waals surface area contributed by atoms with E-state index in [2.05, 4.69) is 117 Å². The fourth-order valence-corrected chi connectivity index (χ4v) is 17.6. The Morgan fingerprint density at radius 2 is 0.672 bits per heavy atom. The third kappa shape index (κ3) is 24.8. The van der Waals surface area contributed by atoms with Crippen molar-refractivity contribution in [2.24, 2.45) is 30.7 Å². The Balaban J connectivity index is 0.000000249. The standard InChI is InChI=1S/C23H22N6O7S3.C21H18N6O10S5.C21H18N6O7S4.3H2/c1-3-9-37-23-26-21(25-22(30)27-23)24-14-7-8-18(13(2)10-14)29-28-15-11-17-16(20(12-15)39(34,35)36)5-4-6-19(17)38(31,32)33;28-20-23-19(24-21(25-20)39-6-5-38)22-11-1-3-12(4-2-11)26-27-13-7-15-16(17(8-13)41(32,33)34)9-14(40(29,30)31)10-18(15)42(35,36)37;28-20-23-19(24-21(25-20)36-9-8-35)22-12-4-6-13(7-5-12)26-27-14-10-16-15(18(11-14)38(32,33)34)2-1-3-17(16)37(29,30)31;;;/h4-8,10-12H,3,9H2,1-2H3,(H,31,32,33)(H,34,35,36)(H2,24,25,26,27,30);1-4,7-10,38H,5-6H2,(H,29,30,31)(H,32,33,34)(H,35,36,37)(H2,22,23,24,25,28);1-7,10-11,35H,8-9H2,(H,29,30,31)(H,32,33,34)(H2,22,23,24,25,28);3*1H. The minimum absolute atomic E-state index is 0. The highest BCUT2D eigenvalue weighted by Gasteiger charge is 2.28. The van der Waals surface area contributed by atoms with Crippen molar-refractivity contribution in [2.45, 2.75) is 70.0 Å². The molecule has 12 rings (SSSR count). The van der Waals surface area contributed by atoms with Crippen LogP contribution in [0, 0.1) is 6.92 Å². The summed E-state index contributed by atoms with van der Waals surface area (Å²) in [5.74, 6) is 3.68. The lowest BCUT2D eigenvalue weighted by Crippen LogP contribution is -2.15. The molecule has 42 nitrogen and oxygen atoms in total. The monoisotopic (exact) mass is 1860 g/mol. The summed E-state index contributed by atoms with van der Waals surface area (Å²) in [5.41, 5.74) is 1.07. The van der Waals surface area contributed by atoms with Crippen molar-refractivity contribution in [1.82, 2.24) is 44.9 Å². The quantitative estimate of drug-likeness (QED) is 0.00937. The van der Waals surface area contributed by atoms with Gasteiger partial charge in [0.25, 0.3) is 70.8 Å². The van der Waals surface area contributed by atoms with Gasteiger partial charge in [-0.05, 0) is 158 Å². The van der Waals surface area contributed by atoms with Crippen LogP contribution in [0.25, 0.3) is 32.3 Å². The lowest BCUT2D eigenvalue weighted by molar-refractivity contribution is 0.477. The van der Waals surface area contributed by atoms with Gasteiger partial charge in [0, 0.05) is 70.9 Å². The van der Waals surface area contributed by atoms with Gasteiger partial charge in [0.05, 0.1) is 39.0 Å². The predicted molar refractivity (Wildman–Crippen MR) is 451 cm³/mol. The molecule has 0 radical (unpaired) electrons. The Morgan fingerprint density at radius 1 is 0.353 bits per heavy atom. The van der Waals surface area contributed by atoms with Crippen molar-refractivity contribution >= 4 is 233 Å². The van der Waals surface area contributed by atoms with Crippen LogP contribution >= 0.6 is 60.5 Å². The molecule has 3 aromatic heterocycles. The Labute approximate surface area is 701 Å². The summed E-state index contributed by atoms with van der Waals surface area (Å²) in [4.78, 5) is 61.6. The Morgan fingerprint density at radius 3 is 1.03 bits per heavy atom. The van der Waals surface area contributed by atoms with E-state index in [1.54, 1.807) is 61.5 Å². The number of thiol groups is 2. The topological polar surface area (TPSA) is 667 Å². The molecular weight excluding hydrogens is 1800 g/mol. The van der Waals surface area contributed by atoms with E-state index in [9.17, 15) is 105 Å². The van der Waals surface area contributed by atoms with E-state index in [4.69, 9.17) is 0 Å². The van der Waals surface area contributed by atoms with Gasteiger partial charge in [-0.25, -0.2) is 14.4 Å². The van der Waals surface area contributed by atoms with Crippen molar-refractivity contribution in [1.29, 1.82) is 0 Å². The molecule has 12 aromatic rings. The maximum atomic E-state index is 12.1. The summed E-state index contributed by atoms with van der Waals surface area (Å²) in [6.45, 7) is 3.75. The van der Waals surface area contributed by atoms with Crippen LogP contribution < -0.4 is 33.0 Å². The number of thioether (sulfide) groups is 3. The highest BCUT2D eigenvalue weighted by molar-refractivity contribution is 8.00. The average molecular weight is 1870 g/mol. The number of nitrogens with one attached hydrogen (secondary N) is 6. The molecule has 0 fully saturated rings. The average Bonchev–Trinajstić information content (AvgIpc) is 0.729. The Hall–Kier alpha value is -10.5. The van der Waals surface area contributed by atoms with Gasteiger partial charge in [0.2, 0.25) is 17.8 Å². The minimum atomic E-state index is -5.17. The van der Waals surface area contributed by atoms with Crippen LogP contribution in [0.5, 0.6) is 0 Å². The smallest absolute Gasteiger partial charge is 0.326 e. The molecule has 0 unspecified atom stereocenters. The first-order chi connectivity index (χ1) is 55.8. The Bertz CT molecular complexity index is 7140. The highest BCUT2D eigenvalue weighted by atomic mass is 32.2.